The third kappa shape index (κ3) is 3.06. The third-order valence-electron chi connectivity index (χ3n) is 3.05. The lowest BCUT2D eigenvalue weighted by molar-refractivity contribution is 0.484. The van der Waals surface area contributed by atoms with Gasteiger partial charge >= 0.3 is 0 Å². The van der Waals surface area contributed by atoms with E-state index in [1.54, 1.807) is 17.8 Å². The van der Waals surface area contributed by atoms with Gasteiger partial charge in [0.15, 0.2) is 15.6 Å². The highest BCUT2D eigenvalue weighted by Gasteiger charge is 2.28. The molecule has 108 valence electrons. The minimum atomic E-state index is -2.84. The van der Waals surface area contributed by atoms with Crippen LogP contribution in [0.25, 0.3) is 11.7 Å². The summed E-state index contributed by atoms with van der Waals surface area (Å²) < 4.78 is 33.6. The Morgan fingerprint density at radius 2 is 2.20 bits per heavy atom. The maximum atomic E-state index is 11.4. The summed E-state index contributed by atoms with van der Waals surface area (Å²) >= 11 is 1.55. The minimum absolute atomic E-state index is 0.126. The van der Waals surface area contributed by atoms with Gasteiger partial charge < -0.3 is 8.83 Å². The molecule has 3 rings (SSSR count). The van der Waals surface area contributed by atoms with Crippen molar-refractivity contribution in [2.24, 2.45) is 0 Å². The second-order valence-electron chi connectivity index (χ2n) is 4.75. The van der Waals surface area contributed by atoms with Crippen LogP contribution >= 0.6 is 11.8 Å². The first-order valence-electron chi connectivity index (χ1n) is 6.23. The van der Waals surface area contributed by atoms with Crippen LogP contribution in [0, 0.1) is 6.92 Å². The van der Waals surface area contributed by atoms with Gasteiger partial charge in [0.25, 0.3) is 5.89 Å². The molecule has 1 saturated heterocycles. The van der Waals surface area contributed by atoms with E-state index in [1.165, 1.54) is 0 Å². The standard InChI is InChI=1S/C12H14N2O4S2/c1-8-2-3-10(17-8)12-14-13-11(18-12)6-19-9-4-5-20(15,16)7-9/h2-3,9H,4-7H2,1H3. The molecule has 2 aromatic heterocycles. The maximum Gasteiger partial charge on any atom is 0.283 e. The molecule has 0 aliphatic carbocycles. The quantitative estimate of drug-likeness (QED) is 0.853. The average molecular weight is 314 g/mol. The number of furan rings is 1. The highest BCUT2D eigenvalue weighted by Crippen LogP contribution is 2.28. The second-order valence-corrected chi connectivity index (χ2v) is 8.26. The second kappa shape index (κ2) is 5.25. The summed E-state index contributed by atoms with van der Waals surface area (Å²) in [7, 11) is -2.84. The van der Waals surface area contributed by atoms with Crippen LogP contribution in [0.1, 0.15) is 18.1 Å². The van der Waals surface area contributed by atoms with Gasteiger partial charge in [-0.2, -0.15) is 0 Å². The first-order valence-corrected chi connectivity index (χ1v) is 9.10. The van der Waals surface area contributed by atoms with Crippen molar-refractivity contribution in [1.29, 1.82) is 0 Å². The molecule has 1 aliphatic rings. The van der Waals surface area contributed by atoms with Crippen LogP contribution in [0.5, 0.6) is 0 Å². The zero-order valence-corrected chi connectivity index (χ0v) is 12.5. The summed E-state index contributed by atoms with van der Waals surface area (Å²) in [4.78, 5) is 0. The van der Waals surface area contributed by atoms with Crippen LogP contribution in [-0.4, -0.2) is 35.4 Å². The van der Waals surface area contributed by atoms with E-state index in [4.69, 9.17) is 8.83 Å². The molecule has 0 saturated carbocycles. The molecule has 1 atom stereocenters. The number of nitrogens with zero attached hydrogens (tertiary/aromatic N) is 2. The van der Waals surface area contributed by atoms with Gasteiger partial charge in [0, 0.05) is 5.25 Å². The summed E-state index contributed by atoms with van der Waals surface area (Å²) in [5, 5.41) is 8.01. The van der Waals surface area contributed by atoms with Gasteiger partial charge in [-0.05, 0) is 25.5 Å². The Hall–Kier alpha value is -1.28. The molecule has 0 bridgehead atoms. The Kier molecular flexibility index (Phi) is 3.59. The van der Waals surface area contributed by atoms with E-state index in [0.29, 0.717) is 29.7 Å². The molecule has 8 heteroatoms. The summed E-state index contributed by atoms with van der Waals surface area (Å²) in [6.07, 6.45) is 0.700. The van der Waals surface area contributed by atoms with Crippen molar-refractivity contribution in [2.75, 3.05) is 11.5 Å². The number of sulfone groups is 1. The highest BCUT2D eigenvalue weighted by atomic mass is 32.2. The molecule has 0 N–H and O–H groups in total. The topological polar surface area (TPSA) is 86.2 Å². The van der Waals surface area contributed by atoms with Crippen molar-refractivity contribution in [3.63, 3.8) is 0 Å². The molecule has 0 amide bonds. The summed E-state index contributed by atoms with van der Waals surface area (Å²) in [5.41, 5.74) is 0. The molecule has 0 radical (unpaired) electrons. The number of aryl methyl sites for hydroxylation is 1. The summed E-state index contributed by atoms with van der Waals surface area (Å²) in [6, 6.07) is 3.61. The third-order valence-corrected chi connectivity index (χ3v) is 6.32. The first-order chi connectivity index (χ1) is 9.52. The molecule has 0 aromatic carbocycles. The van der Waals surface area contributed by atoms with Crippen molar-refractivity contribution >= 4 is 21.6 Å². The Morgan fingerprint density at radius 3 is 2.85 bits per heavy atom. The molecule has 0 spiro atoms. The predicted molar refractivity (Wildman–Crippen MR) is 75.1 cm³/mol. The predicted octanol–water partition coefficient (Wildman–Crippen LogP) is 2.06. The monoisotopic (exact) mass is 314 g/mol. The van der Waals surface area contributed by atoms with E-state index >= 15 is 0 Å². The van der Waals surface area contributed by atoms with Crippen molar-refractivity contribution in [2.45, 2.75) is 24.3 Å². The Morgan fingerprint density at radius 1 is 1.35 bits per heavy atom. The fraction of sp³-hybridized carbons (Fsp3) is 0.500. The number of hydrogen-bond donors (Lipinski definition) is 0. The molecular formula is C12H14N2O4S2. The van der Waals surface area contributed by atoms with E-state index in [-0.39, 0.29) is 16.8 Å². The van der Waals surface area contributed by atoms with Gasteiger partial charge in [0.1, 0.15) is 5.76 Å². The molecular weight excluding hydrogens is 300 g/mol. The zero-order chi connectivity index (χ0) is 14.2. The van der Waals surface area contributed by atoms with Crippen LogP contribution in [0.15, 0.2) is 21.0 Å². The molecule has 20 heavy (non-hydrogen) atoms. The van der Waals surface area contributed by atoms with Crippen molar-refractivity contribution in [1.82, 2.24) is 10.2 Å². The van der Waals surface area contributed by atoms with E-state index in [2.05, 4.69) is 10.2 Å². The van der Waals surface area contributed by atoms with Crippen molar-refractivity contribution < 1.29 is 17.3 Å². The fourth-order valence-electron chi connectivity index (χ4n) is 2.04. The normalized spacial score (nSPS) is 21.4. The number of thioether (sulfide) groups is 1. The Labute approximate surface area is 120 Å². The van der Waals surface area contributed by atoms with Gasteiger partial charge in [-0.15, -0.1) is 22.0 Å². The van der Waals surface area contributed by atoms with Gasteiger partial charge in [0.2, 0.25) is 5.89 Å². The smallest absolute Gasteiger partial charge is 0.283 e. The van der Waals surface area contributed by atoms with Crippen LogP contribution < -0.4 is 0 Å². The summed E-state index contributed by atoms with van der Waals surface area (Å²) in [6.45, 7) is 1.84. The first kappa shape index (κ1) is 13.7. The lowest BCUT2D eigenvalue weighted by Crippen LogP contribution is -2.06. The SMILES string of the molecule is Cc1ccc(-c2nnc(CSC3CCS(=O)(=O)C3)o2)o1. The fourth-order valence-corrected chi connectivity index (χ4v) is 5.52. The zero-order valence-electron chi connectivity index (χ0n) is 10.9. The van der Waals surface area contributed by atoms with Gasteiger partial charge in [0.05, 0.1) is 17.3 Å². The van der Waals surface area contributed by atoms with E-state index in [0.717, 1.165) is 5.76 Å². The lowest BCUT2D eigenvalue weighted by Gasteiger charge is -2.03. The van der Waals surface area contributed by atoms with Gasteiger partial charge in [-0.1, -0.05) is 0 Å². The largest absolute Gasteiger partial charge is 0.456 e. The van der Waals surface area contributed by atoms with Crippen molar-refractivity contribution in [3.05, 3.63) is 23.8 Å². The van der Waals surface area contributed by atoms with Crippen LogP contribution in [-0.2, 0) is 15.6 Å². The number of aromatic nitrogens is 2. The number of rotatable bonds is 4. The van der Waals surface area contributed by atoms with E-state index in [9.17, 15) is 8.42 Å². The molecule has 3 heterocycles. The van der Waals surface area contributed by atoms with Crippen LogP contribution in [0.2, 0.25) is 0 Å². The van der Waals surface area contributed by atoms with Crippen molar-refractivity contribution in [3.8, 4) is 11.7 Å². The van der Waals surface area contributed by atoms with E-state index in [1.807, 2.05) is 13.0 Å². The average Bonchev–Trinajstić information content (AvgIpc) is 3.06. The molecule has 1 fully saturated rings. The Balaban J connectivity index is 1.61. The molecule has 2 aromatic rings. The lowest BCUT2D eigenvalue weighted by atomic mass is 10.4. The molecule has 1 unspecified atom stereocenters. The molecule has 1 aliphatic heterocycles. The van der Waals surface area contributed by atoms with Gasteiger partial charge in [-0.3, -0.25) is 0 Å². The summed E-state index contributed by atoms with van der Waals surface area (Å²) in [5.74, 6) is 3.23. The Bertz CT molecular complexity index is 705. The molecule has 6 nitrogen and oxygen atoms in total. The maximum absolute atomic E-state index is 11.4. The van der Waals surface area contributed by atoms with Gasteiger partial charge in [-0.25, -0.2) is 8.42 Å². The van der Waals surface area contributed by atoms with Crippen LogP contribution in [0.4, 0.5) is 0 Å². The highest BCUT2D eigenvalue weighted by molar-refractivity contribution is 8.01. The minimum Gasteiger partial charge on any atom is -0.456 e. The van der Waals surface area contributed by atoms with Crippen LogP contribution in [0.3, 0.4) is 0 Å². The van der Waals surface area contributed by atoms with E-state index < -0.39 is 9.84 Å². The number of hydrogen-bond acceptors (Lipinski definition) is 7.